The smallest absolute Gasteiger partial charge is 0.225 e. The Balaban J connectivity index is 2.15. The van der Waals surface area contributed by atoms with Gasteiger partial charge in [0, 0.05) is 10.6 Å². The molecule has 2 aromatic heterocycles. The molecule has 0 aliphatic carbocycles. The van der Waals surface area contributed by atoms with E-state index in [-0.39, 0.29) is 5.28 Å². The molecule has 0 spiro atoms. The number of aryl methyl sites for hydroxylation is 4. The van der Waals surface area contributed by atoms with Gasteiger partial charge in [-0.25, -0.2) is 4.98 Å². The van der Waals surface area contributed by atoms with E-state index in [1.807, 2.05) is 0 Å². The van der Waals surface area contributed by atoms with Gasteiger partial charge >= 0.3 is 0 Å². The van der Waals surface area contributed by atoms with Crippen molar-refractivity contribution >= 4 is 44.7 Å². The van der Waals surface area contributed by atoms with E-state index in [9.17, 15) is 0 Å². The highest BCUT2D eigenvalue weighted by Crippen LogP contribution is 2.35. The Hall–Kier alpha value is -1.65. The van der Waals surface area contributed by atoms with Crippen molar-refractivity contribution in [1.29, 1.82) is 0 Å². The molecule has 0 aliphatic heterocycles. The van der Waals surface area contributed by atoms with Crippen molar-refractivity contribution < 1.29 is 0 Å². The van der Waals surface area contributed by atoms with Gasteiger partial charge in [-0.2, -0.15) is 4.98 Å². The van der Waals surface area contributed by atoms with Gasteiger partial charge in [-0.05, 0) is 56.5 Å². The molecule has 108 valence electrons. The zero-order chi connectivity index (χ0) is 15.1. The lowest BCUT2D eigenvalue weighted by Gasteiger charge is -2.11. The molecule has 0 radical (unpaired) electrons. The fourth-order valence-corrected chi connectivity index (χ4v) is 3.64. The van der Waals surface area contributed by atoms with Crippen LogP contribution in [0, 0.1) is 27.7 Å². The quantitative estimate of drug-likeness (QED) is 0.650. The Labute approximate surface area is 133 Å². The lowest BCUT2D eigenvalue weighted by molar-refractivity contribution is 1.22. The van der Waals surface area contributed by atoms with E-state index in [0.717, 1.165) is 21.7 Å². The molecule has 0 saturated carbocycles. The number of nitrogens with zero attached hydrogens (tertiary/aromatic N) is 2. The lowest BCUT2D eigenvalue weighted by Crippen LogP contribution is -1.98. The van der Waals surface area contributed by atoms with Gasteiger partial charge in [0.15, 0.2) is 0 Å². The lowest BCUT2D eigenvalue weighted by atomic mass is 10.1. The van der Waals surface area contributed by atoms with E-state index >= 15 is 0 Å². The number of fused-ring (bicyclic) bond motifs is 1. The Kier molecular flexibility index (Phi) is 3.59. The summed E-state index contributed by atoms with van der Waals surface area (Å²) in [4.78, 5) is 10.9. The number of rotatable bonds is 2. The Morgan fingerprint density at radius 1 is 1.10 bits per heavy atom. The minimum absolute atomic E-state index is 0.274. The summed E-state index contributed by atoms with van der Waals surface area (Å²) >= 11 is 7.71. The highest BCUT2D eigenvalue weighted by atomic mass is 35.5. The van der Waals surface area contributed by atoms with Crippen molar-refractivity contribution in [2.45, 2.75) is 27.7 Å². The van der Waals surface area contributed by atoms with Gasteiger partial charge in [-0.3, -0.25) is 0 Å². The van der Waals surface area contributed by atoms with Crippen LogP contribution in [0.3, 0.4) is 0 Å². The Morgan fingerprint density at radius 3 is 2.57 bits per heavy atom. The summed E-state index contributed by atoms with van der Waals surface area (Å²) < 4.78 is 0. The summed E-state index contributed by atoms with van der Waals surface area (Å²) in [5.41, 5.74) is 4.67. The number of hydrogen-bond acceptors (Lipinski definition) is 4. The van der Waals surface area contributed by atoms with Crippen LogP contribution in [-0.2, 0) is 0 Å². The Morgan fingerprint density at radius 2 is 1.86 bits per heavy atom. The normalized spacial score (nSPS) is 11.1. The average Bonchev–Trinajstić information content (AvgIpc) is 2.68. The average molecular weight is 318 g/mol. The van der Waals surface area contributed by atoms with Crippen molar-refractivity contribution in [2.75, 3.05) is 5.32 Å². The molecule has 3 rings (SSSR count). The molecule has 5 heteroatoms. The highest BCUT2D eigenvalue weighted by Gasteiger charge is 2.14. The summed E-state index contributed by atoms with van der Waals surface area (Å²) in [6.07, 6.45) is 0. The van der Waals surface area contributed by atoms with Crippen LogP contribution in [0.4, 0.5) is 11.5 Å². The van der Waals surface area contributed by atoms with Crippen molar-refractivity contribution in [3.8, 4) is 0 Å². The molecule has 0 atom stereocenters. The van der Waals surface area contributed by atoms with E-state index in [4.69, 9.17) is 11.6 Å². The minimum atomic E-state index is 0.274. The molecule has 0 amide bonds. The predicted molar refractivity (Wildman–Crippen MR) is 91.1 cm³/mol. The van der Waals surface area contributed by atoms with Crippen molar-refractivity contribution in [3.63, 3.8) is 0 Å². The standard InChI is InChI=1S/C16H16ClN3S/c1-8-5-6-12(9(2)7-8)18-14-13-10(3)11(4)21-15(13)20-16(17)19-14/h5-7H,1-4H3,(H,18,19,20). The number of nitrogens with one attached hydrogen (secondary N) is 1. The first kappa shape index (κ1) is 14.3. The van der Waals surface area contributed by atoms with Crippen LogP contribution in [0.2, 0.25) is 5.28 Å². The first-order chi connectivity index (χ1) is 9.95. The molecular weight excluding hydrogens is 302 g/mol. The van der Waals surface area contributed by atoms with Gasteiger partial charge in [0.1, 0.15) is 10.6 Å². The maximum absolute atomic E-state index is 6.06. The zero-order valence-electron chi connectivity index (χ0n) is 12.4. The summed E-state index contributed by atoms with van der Waals surface area (Å²) in [6.45, 7) is 8.36. The van der Waals surface area contributed by atoms with Crippen LogP contribution < -0.4 is 5.32 Å². The summed E-state index contributed by atoms with van der Waals surface area (Å²) in [6, 6.07) is 6.30. The second-order valence-corrected chi connectivity index (χ2v) is 6.79. The van der Waals surface area contributed by atoms with Gasteiger partial charge in [0.25, 0.3) is 0 Å². The number of benzene rings is 1. The fourth-order valence-electron chi connectivity index (χ4n) is 2.40. The van der Waals surface area contributed by atoms with Gasteiger partial charge in [-0.15, -0.1) is 11.3 Å². The van der Waals surface area contributed by atoms with E-state index in [1.165, 1.54) is 21.6 Å². The summed E-state index contributed by atoms with van der Waals surface area (Å²) in [5.74, 6) is 0.777. The van der Waals surface area contributed by atoms with Gasteiger partial charge < -0.3 is 5.32 Å². The monoisotopic (exact) mass is 317 g/mol. The van der Waals surface area contributed by atoms with Crippen molar-refractivity contribution in [2.24, 2.45) is 0 Å². The molecule has 1 N–H and O–H groups in total. The maximum Gasteiger partial charge on any atom is 0.225 e. The second-order valence-electron chi connectivity index (χ2n) is 5.25. The molecule has 0 aliphatic rings. The van der Waals surface area contributed by atoms with Crippen LogP contribution in [0.5, 0.6) is 0 Å². The molecule has 21 heavy (non-hydrogen) atoms. The summed E-state index contributed by atoms with van der Waals surface area (Å²) in [7, 11) is 0. The first-order valence-corrected chi connectivity index (χ1v) is 7.92. The highest BCUT2D eigenvalue weighted by molar-refractivity contribution is 7.18. The van der Waals surface area contributed by atoms with Gasteiger partial charge in [-0.1, -0.05) is 17.7 Å². The number of thiophene rings is 1. The molecule has 0 fully saturated rings. The minimum Gasteiger partial charge on any atom is -0.339 e. The topological polar surface area (TPSA) is 37.8 Å². The van der Waals surface area contributed by atoms with Gasteiger partial charge in [0.05, 0.1) is 5.39 Å². The SMILES string of the molecule is Cc1ccc(Nc2nc(Cl)nc3sc(C)c(C)c23)c(C)c1. The number of halogens is 1. The largest absolute Gasteiger partial charge is 0.339 e. The van der Waals surface area contributed by atoms with E-state index in [0.29, 0.717) is 0 Å². The second kappa shape index (κ2) is 5.28. The number of aromatic nitrogens is 2. The fraction of sp³-hybridized carbons (Fsp3) is 0.250. The number of anilines is 2. The van der Waals surface area contributed by atoms with E-state index < -0.39 is 0 Å². The third kappa shape index (κ3) is 2.61. The van der Waals surface area contributed by atoms with Crippen LogP contribution >= 0.6 is 22.9 Å². The molecule has 2 heterocycles. The molecule has 0 bridgehead atoms. The van der Waals surface area contributed by atoms with Crippen LogP contribution in [0.1, 0.15) is 21.6 Å². The third-order valence-corrected chi connectivity index (χ3v) is 4.91. The molecule has 1 aromatic carbocycles. The molecule has 3 nitrogen and oxygen atoms in total. The van der Waals surface area contributed by atoms with Crippen LogP contribution in [0.15, 0.2) is 18.2 Å². The predicted octanol–water partition coefficient (Wildman–Crippen LogP) is 5.32. The molecular formula is C16H16ClN3S. The maximum atomic E-state index is 6.06. The summed E-state index contributed by atoms with van der Waals surface area (Å²) in [5, 5.41) is 4.74. The van der Waals surface area contributed by atoms with Crippen molar-refractivity contribution in [1.82, 2.24) is 9.97 Å². The zero-order valence-corrected chi connectivity index (χ0v) is 14.0. The molecule has 0 unspecified atom stereocenters. The van der Waals surface area contributed by atoms with E-state index in [1.54, 1.807) is 11.3 Å². The van der Waals surface area contributed by atoms with E-state index in [2.05, 4.69) is 61.2 Å². The molecule has 0 saturated heterocycles. The first-order valence-electron chi connectivity index (χ1n) is 6.73. The van der Waals surface area contributed by atoms with Gasteiger partial charge in [0.2, 0.25) is 5.28 Å². The van der Waals surface area contributed by atoms with Crippen molar-refractivity contribution in [3.05, 3.63) is 45.1 Å². The third-order valence-electron chi connectivity index (χ3n) is 3.64. The Bertz CT molecular complexity index is 839. The number of hydrogen-bond donors (Lipinski definition) is 1. The molecule has 3 aromatic rings. The van der Waals surface area contributed by atoms with Crippen LogP contribution in [-0.4, -0.2) is 9.97 Å². The van der Waals surface area contributed by atoms with Crippen LogP contribution in [0.25, 0.3) is 10.2 Å².